The van der Waals surface area contributed by atoms with E-state index in [-0.39, 0.29) is 5.91 Å². The van der Waals surface area contributed by atoms with Gasteiger partial charge in [0.05, 0.1) is 14.2 Å². The van der Waals surface area contributed by atoms with E-state index < -0.39 is 0 Å². The fraction of sp³-hybridized carbons (Fsp3) is 0.316. The Kier molecular flexibility index (Phi) is 5.27. The summed E-state index contributed by atoms with van der Waals surface area (Å²) < 4.78 is 10.7. The number of nitrogens with one attached hydrogen (secondary N) is 1. The largest absolute Gasteiger partial charge is 0.496 e. The van der Waals surface area contributed by atoms with Gasteiger partial charge in [-0.15, -0.1) is 0 Å². The van der Waals surface area contributed by atoms with Gasteiger partial charge in [0.15, 0.2) is 0 Å². The van der Waals surface area contributed by atoms with E-state index in [0.717, 1.165) is 16.8 Å². The second-order valence-corrected chi connectivity index (χ2v) is 5.70. The first-order valence-corrected chi connectivity index (χ1v) is 7.60. The average Bonchev–Trinajstić information content (AvgIpc) is 2.55. The average molecular weight is 313 g/mol. The Morgan fingerprint density at radius 3 is 2.13 bits per heavy atom. The lowest BCUT2D eigenvalue weighted by Gasteiger charge is -2.15. The second kappa shape index (κ2) is 7.18. The van der Waals surface area contributed by atoms with Crippen LogP contribution in [0, 0.1) is 6.92 Å². The van der Waals surface area contributed by atoms with Crippen LogP contribution in [0.1, 0.15) is 41.3 Å². The van der Waals surface area contributed by atoms with Gasteiger partial charge >= 0.3 is 0 Å². The van der Waals surface area contributed by atoms with Crippen LogP contribution in [0.2, 0.25) is 0 Å². The van der Waals surface area contributed by atoms with Crippen LogP contribution in [-0.2, 0) is 0 Å². The van der Waals surface area contributed by atoms with Gasteiger partial charge in [0.2, 0.25) is 0 Å². The molecule has 1 N–H and O–H groups in total. The minimum absolute atomic E-state index is 0.185. The number of para-hydroxylation sites is 1. The highest BCUT2D eigenvalue weighted by atomic mass is 16.5. The molecule has 2 aromatic carbocycles. The molecule has 0 saturated heterocycles. The summed E-state index contributed by atoms with van der Waals surface area (Å²) in [6.45, 7) is 6.10. The van der Waals surface area contributed by atoms with Crippen LogP contribution < -0.4 is 14.8 Å². The first-order chi connectivity index (χ1) is 11.0. The zero-order chi connectivity index (χ0) is 17.0. The summed E-state index contributed by atoms with van der Waals surface area (Å²) in [5.41, 5.74) is 3.30. The number of hydrogen-bond donors (Lipinski definition) is 1. The fourth-order valence-corrected chi connectivity index (χ4v) is 2.53. The Balaban J connectivity index is 2.35. The lowest BCUT2D eigenvalue weighted by molar-refractivity contribution is 0.102. The molecule has 0 unspecified atom stereocenters. The Bertz CT molecular complexity index is 683. The summed E-state index contributed by atoms with van der Waals surface area (Å²) in [7, 11) is 3.16. The third-order valence-electron chi connectivity index (χ3n) is 3.85. The predicted octanol–water partition coefficient (Wildman–Crippen LogP) is 4.39. The zero-order valence-corrected chi connectivity index (χ0v) is 14.3. The minimum atomic E-state index is -0.185. The smallest absolute Gasteiger partial charge is 0.255 e. The molecule has 0 atom stereocenters. The van der Waals surface area contributed by atoms with Crippen molar-refractivity contribution in [1.29, 1.82) is 0 Å². The molecule has 0 aromatic heterocycles. The van der Waals surface area contributed by atoms with Crippen LogP contribution in [0.5, 0.6) is 11.5 Å². The molecule has 0 fully saturated rings. The lowest BCUT2D eigenvalue weighted by atomic mass is 10.0. The van der Waals surface area contributed by atoms with Crippen molar-refractivity contribution in [2.45, 2.75) is 26.7 Å². The zero-order valence-electron chi connectivity index (χ0n) is 14.3. The van der Waals surface area contributed by atoms with Crippen molar-refractivity contribution in [3.05, 3.63) is 53.1 Å². The van der Waals surface area contributed by atoms with Gasteiger partial charge < -0.3 is 14.8 Å². The van der Waals surface area contributed by atoms with Gasteiger partial charge in [-0.05, 0) is 36.6 Å². The second-order valence-electron chi connectivity index (χ2n) is 5.70. The number of carbonyl (C=O) groups excluding carboxylic acids is 1. The summed E-state index contributed by atoms with van der Waals surface area (Å²) in [6, 6.07) is 11.3. The maximum atomic E-state index is 12.6. The molecule has 2 aromatic rings. The molecule has 4 heteroatoms. The maximum Gasteiger partial charge on any atom is 0.255 e. The summed E-state index contributed by atoms with van der Waals surface area (Å²) in [6.07, 6.45) is 0. The Morgan fingerprint density at radius 1 is 1.04 bits per heavy atom. The molecule has 0 aliphatic rings. The van der Waals surface area contributed by atoms with E-state index in [4.69, 9.17) is 9.47 Å². The number of anilines is 1. The first-order valence-electron chi connectivity index (χ1n) is 7.60. The van der Waals surface area contributed by atoms with Gasteiger partial charge in [0.25, 0.3) is 5.91 Å². The van der Waals surface area contributed by atoms with E-state index >= 15 is 0 Å². The molecule has 0 saturated carbocycles. The van der Waals surface area contributed by atoms with Gasteiger partial charge in [-0.3, -0.25) is 4.79 Å². The van der Waals surface area contributed by atoms with E-state index in [2.05, 4.69) is 19.2 Å². The van der Waals surface area contributed by atoms with E-state index in [1.807, 2.05) is 31.2 Å². The van der Waals surface area contributed by atoms with Crippen molar-refractivity contribution in [3.63, 3.8) is 0 Å². The van der Waals surface area contributed by atoms with Crippen molar-refractivity contribution in [1.82, 2.24) is 0 Å². The highest BCUT2D eigenvalue weighted by Crippen LogP contribution is 2.30. The number of amides is 1. The van der Waals surface area contributed by atoms with E-state index in [9.17, 15) is 4.79 Å². The van der Waals surface area contributed by atoms with Crippen LogP contribution in [-0.4, -0.2) is 20.1 Å². The fourth-order valence-electron chi connectivity index (χ4n) is 2.53. The summed E-state index contributed by atoms with van der Waals surface area (Å²) in [5.74, 6) is 1.40. The Labute approximate surface area is 137 Å². The number of hydrogen-bond acceptors (Lipinski definition) is 3. The standard InChI is InChI=1S/C19H23NO3/c1-12(2)15-8-6-7-9-16(15)20-19(21)14-10-17(22-4)13(3)18(11-14)23-5/h6-12H,1-5H3,(H,20,21). The van der Waals surface area contributed by atoms with Crippen LogP contribution in [0.3, 0.4) is 0 Å². The number of methoxy groups -OCH3 is 2. The maximum absolute atomic E-state index is 12.6. The molecule has 0 heterocycles. The first kappa shape index (κ1) is 16.9. The normalized spacial score (nSPS) is 10.5. The third kappa shape index (κ3) is 3.65. The minimum Gasteiger partial charge on any atom is -0.496 e. The van der Waals surface area contributed by atoms with Crippen molar-refractivity contribution >= 4 is 11.6 Å². The summed E-state index contributed by atoms with van der Waals surface area (Å²) in [5, 5.41) is 2.98. The highest BCUT2D eigenvalue weighted by Gasteiger charge is 2.15. The molecule has 0 aliphatic heterocycles. The Hall–Kier alpha value is -2.49. The van der Waals surface area contributed by atoms with Crippen molar-refractivity contribution < 1.29 is 14.3 Å². The van der Waals surface area contributed by atoms with Crippen molar-refractivity contribution in [3.8, 4) is 11.5 Å². The van der Waals surface area contributed by atoms with Gasteiger partial charge in [-0.2, -0.15) is 0 Å². The molecule has 0 spiro atoms. The molecule has 1 amide bonds. The van der Waals surface area contributed by atoms with Gasteiger partial charge in [0.1, 0.15) is 11.5 Å². The van der Waals surface area contributed by atoms with E-state index in [1.54, 1.807) is 26.4 Å². The molecule has 122 valence electrons. The molecule has 0 radical (unpaired) electrons. The van der Waals surface area contributed by atoms with Crippen LogP contribution in [0.25, 0.3) is 0 Å². The molecular weight excluding hydrogens is 290 g/mol. The van der Waals surface area contributed by atoms with Crippen LogP contribution >= 0.6 is 0 Å². The number of ether oxygens (including phenoxy) is 2. The molecule has 0 aliphatic carbocycles. The molecule has 23 heavy (non-hydrogen) atoms. The molecule has 0 bridgehead atoms. The summed E-state index contributed by atoms with van der Waals surface area (Å²) >= 11 is 0. The molecule has 4 nitrogen and oxygen atoms in total. The SMILES string of the molecule is COc1cc(C(=O)Nc2ccccc2C(C)C)cc(OC)c1C. The highest BCUT2D eigenvalue weighted by molar-refractivity contribution is 6.05. The molecule has 2 rings (SSSR count). The Morgan fingerprint density at radius 2 is 1.61 bits per heavy atom. The van der Waals surface area contributed by atoms with Gasteiger partial charge in [0, 0.05) is 16.8 Å². The lowest BCUT2D eigenvalue weighted by Crippen LogP contribution is -2.14. The third-order valence-corrected chi connectivity index (χ3v) is 3.85. The van der Waals surface area contributed by atoms with Crippen LogP contribution in [0.15, 0.2) is 36.4 Å². The molecular formula is C19H23NO3. The van der Waals surface area contributed by atoms with Crippen LogP contribution in [0.4, 0.5) is 5.69 Å². The van der Waals surface area contributed by atoms with Gasteiger partial charge in [-0.1, -0.05) is 32.0 Å². The quantitative estimate of drug-likeness (QED) is 0.890. The van der Waals surface area contributed by atoms with Gasteiger partial charge in [-0.25, -0.2) is 0 Å². The van der Waals surface area contributed by atoms with E-state index in [0.29, 0.717) is 23.0 Å². The van der Waals surface area contributed by atoms with E-state index in [1.165, 1.54) is 0 Å². The topological polar surface area (TPSA) is 47.6 Å². The number of carbonyl (C=O) groups is 1. The van der Waals surface area contributed by atoms with Crippen molar-refractivity contribution in [2.75, 3.05) is 19.5 Å². The predicted molar refractivity (Wildman–Crippen MR) is 92.8 cm³/mol. The summed E-state index contributed by atoms with van der Waals surface area (Å²) in [4.78, 5) is 12.6. The monoisotopic (exact) mass is 313 g/mol. The number of benzene rings is 2. The van der Waals surface area contributed by atoms with Crippen molar-refractivity contribution in [2.24, 2.45) is 0 Å². The number of rotatable bonds is 5.